The maximum atomic E-state index is 11.9. The van der Waals surface area contributed by atoms with Crippen molar-refractivity contribution in [3.63, 3.8) is 0 Å². The summed E-state index contributed by atoms with van der Waals surface area (Å²) in [5.41, 5.74) is 0.672. The lowest BCUT2D eigenvalue weighted by Crippen LogP contribution is -1.97. The normalized spacial score (nSPS) is 12.8. The molecule has 1 N–H and O–H groups in total. The molecule has 1 rings (SSSR count). The summed E-state index contributed by atoms with van der Waals surface area (Å²) in [7, 11) is 0. The van der Waals surface area contributed by atoms with E-state index < -0.39 is 18.8 Å². The van der Waals surface area contributed by atoms with Crippen LogP contribution in [0.25, 0.3) is 0 Å². The minimum Gasteiger partial charge on any atom is -0.388 e. The van der Waals surface area contributed by atoms with Crippen LogP contribution in [0.1, 0.15) is 18.1 Å². The zero-order chi connectivity index (χ0) is 10.4. The molecule has 0 saturated heterocycles. The van der Waals surface area contributed by atoms with E-state index in [1.807, 2.05) is 0 Å². The van der Waals surface area contributed by atoms with Gasteiger partial charge in [-0.05, 0) is 17.7 Å². The van der Waals surface area contributed by atoms with Crippen LogP contribution in [0.15, 0.2) is 29.2 Å². The Hall–Kier alpha value is -0.610. The molecule has 1 aromatic rings. The molecule has 1 unspecified atom stereocenters. The highest BCUT2D eigenvalue weighted by molar-refractivity contribution is 7.99. The van der Waals surface area contributed by atoms with Crippen LogP contribution < -0.4 is 0 Å². The molecule has 78 valence electrons. The van der Waals surface area contributed by atoms with E-state index in [9.17, 15) is 13.9 Å². The molecule has 14 heavy (non-hydrogen) atoms. The minimum absolute atomic E-state index is 0.107. The van der Waals surface area contributed by atoms with Crippen molar-refractivity contribution in [1.82, 2.24) is 0 Å². The first kappa shape index (κ1) is 11.5. The number of aliphatic hydroxyl groups is 1. The molecular weight excluding hydrogens is 206 g/mol. The SMILES string of the molecule is OC(CCF)c1ccc(SCF)cc1. The van der Waals surface area contributed by atoms with E-state index in [1.54, 1.807) is 24.3 Å². The molecule has 0 aliphatic rings. The highest BCUT2D eigenvalue weighted by atomic mass is 32.2. The molecule has 0 spiro atoms. The van der Waals surface area contributed by atoms with Crippen LogP contribution in [0.2, 0.25) is 0 Å². The summed E-state index contributed by atoms with van der Waals surface area (Å²) in [4.78, 5) is 0.809. The average molecular weight is 218 g/mol. The van der Waals surface area contributed by atoms with Gasteiger partial charge in [0.25, 0.3) is 0 Å². The van der Waals surface area contributed by atoms with Crippen LogP contribution in [0.4, 0.5) is 8.78 Å². The zero-order valence-corrected chi connectivity index (χ0v) is 8.44. The summed E-state index contributed by atoms with van der Waals surface area (Å²) in [5, 5.41) is 9.42. The van der Waals surface area contributed by atoms with Crippen molar-refractivity contribution in [2.24, 2.45) is 0 Å². The van der Waals surface area contributed by atoms with Crippen LogP contribution >= 0.6 is 11.8 Å². The molecule has 0 aliphatic heterocycles. The van der Waals surface area contributed by atoms with Gasteiger partial charge in [0.05, 0.1) is 12.8 Å². The Kier molecular flexibility index (Phi) is 4.90. The largest absolute Gasteiger partial charge is 0.388 e. The summed E-state index contributed by atoms with van der Waals surface area (Å²) >= 11 is 1.09. The second kappa shape index (κ2) is 5.98. The van der Waals surface area contributed by atoms with E-state index in [-0.39, 0.29) is 6.42 Å². The Balaban J connectivity index is 2.62. The number of alkyl halides is 2. The lowest BCUT2D eigenvalue weighted by atomic mass is 10.1. The molecule has 1 aromatic carbocycles. The molecule has 1 nitrogen and oxygen atoms in total. The standard InChI is InChI=1S/C10H12F2OS/c11-6-5-10(13)8-1-3-9(4-2-8)14-7-12/h1-4,10,13H,5-7H2. The van der Waals surface area contributed by atoms with Crippen LogP contribution in [0.5, 0.6) is 0 Å². The van der Waals surface area contributed by atoms with Crippen LogP contribution in [0.3, 0.4) is 0 Å². The van der Waals surface area contributed by atoms with E-state index in [4.69, 9.17) is 0 Å². The highest BCUT2D eigenvalue weighted by Gasteiger charge is 2.06. The second-order valence-electron chi connectivity index (χ2n) is 2.82. The highest BCUT2D eigenvalue weighted by Crippen LogP contribution is 2.22. The van der Waals surface area contributed by atoms with Gasteiger partial charge in [-0.1, -0.05) is 23.9 Å². The van der Waals surface area contributed by atoms with E-state index in [1.165, 1.54) is 0 Å². The van der Waals surface area contributed by atoms with Crippen molar-refractivity contribution in [3.05, 3.63) is 29.8 Å². The van der Waals surface area contributed by atoms with Gasteiger partial charge in [-0.25, -0.2) is 4.39 Å². The average Bonchev–Trinajstić information content (AvgIpc) is 2.20. The number of benzene rings is 1. The summed E-state index contributed by atoms with van der Waals surface area (Å²) < 4.78 is 23.8. The van der Waals surface area contributed by atoms with Gasteiger partial charge >= 0.3 is 0 Å². The molecule has 0 amide bonds. The maximum absolute atomic E-state index is 11.9. The quantitative estimate of drug-likeness (QED) is 0.766. The first-order valence-electron chi connectivity index (χ1n) is 4.30. The summed E-state index contributed by atoms with van der Waals surface area (Å²) in [6.45, 7) is -0.540. The first-order valence-corrected chi connectivity index (χ1v) is 5.29. The predicted molar refractivity (Wildman–Crippen MR) is 53.8 cm³/mol. The first-order chi connectivity index (χ1) is 6.77. The molecule has 0 aromatic heterocycles. The van der Waals surface area contributed by atoms with Crippen molar-refractivity contribution >= 4 is 11.8 Å². The monoisotopic (exact) mass is 218 g/mol. The molecule has 4 heteroatoms. The van der Waals surface area contributed by atoms with Gasteiger partial charge in [-0.3, -0.25) is 4.39 Å². The smallest absolute Gasteiger partial charge is 0.139 e. The summed E-state index contributed by atoms with van der Waals surface area (Å²) in [6, 6.07) is 6.37. The van der Waals surface area contributed by atoms with Gasteiger partial charge in [-0.15, -0.1) is 0 Å². The Morgan fingerprint density at radius 2 is 1.86 bits per heavy atom. The van der Waals surface area contributed by atoms with Gasteiger partial charge in [-0.2, -0.15) is 0 Å². The predicted octanol–water partition coefficient (Wildman–Crippen LogP) is 3.10. The van der Waals surface area contributed by atoms with Crippen molar-refractivity contribution in [2.75, 3.05) is 12.7 Å². The van der Waals surface area contributed by atoms with E-state index >= 15 is 0 Å². The molecule has 0 fully saturated rings. The Labute approximate surface area is 86.1 Å². The lowest BCUT2D eigenvalue weighted by molar-refractivity contribution is 0.156. The third-order valence-corrected chi connectivity index (χ3v) is 2.58. The fraction of sp³-hybridized carbons (Fsp3) is 0.400. The Morgan fingerprint density at radius 1 is 1.21 bits per heavy atom. The van der Waals surface area contributed by atoms with Crippen molar-refractivity contribution < 1.29 is 13.9 Å². The van der Waals surface area contributed by atoms with Crippen LogP contribution in [-0.4, -0.2) is 17.8 Å². The van der Waals surface area contributed by atoms with E-state index in [2.05, 4.69) is 0 Å². The van der Waals surface area contributed by atoms with Crippen molar-refractivity contribution in [1.29, 1.82) is 0 Å². The Bertz CT molecular complexity index is 263. The number of hydrogen-bond donors (Lipinski definition) is 1. The van der Waals surface area contributed by atoms with Gasteiger partial charge in [0.1, 0.15) is 6.01 Å². The Morgan fingerprint density at radius 3 is 2.36 bits per heavy atom. The van der Waals surface area contributed by atoms with Crippen LogP contribution in [-0.2, 0) is 0 Å². The molecule has 0 bridgehead atoms. The van der Waals surface area contributed by atoms with E-state index in [0.29, 0.717) is 5.56 Å². The van der Waals surface area contributed by atoms with E-state index in [0.717, 1.165) is 16.7 Å². The molecule has 0 heterocycles. The van der Waals surface area contributed by atoms with Gasteiger partial charge < -0.3 is 5.11 Å². The number of hydrogen-bond acceptors (Lipinski definition) is 2. The molecule has 1 atom stereocenters. The van der Waals surface area contributed by atoms with Gasteiger partial charge in [0.2, 0.25) is 0 Å². The van der Waals surface area contributed by atoms with Gasteiger partial charge in [0.15, 0.2) is 0 Å². The fourth-order valence-electron chi connectivity index (χ4n) is 1.12. The lowest BCUT2D eigenvalue weighted by Gasteiger charge is -2.08. The number of halogens is 2. The second-order valence-corrected chi connectivity index (χ2v) is 3.79. The summed E-state index contributed by atoms with van der Waals surface area (Å²) in [5.74, 6) is 0. The zero-order valence-electron chi connectivity index (χ0n) is 7.62. The topological polar surface area (TPSA) is 20.2 Å². The maximum Gasteiger partial charge on any atom is 0.139 e. The van der Waals surface area contributed by atoms with Crippen molar-refractivity contribution in [2.45, 2.75) is 17.4 Å². The molecule has 0 aliphatic carbocycles. The number of thioether (sulfide) groups is 1. The molecular formula is C10H12F2OS. The minimum atomic E-state index is -0.760. The molecule has 0 radical (unpaired) electrons. The van der Waals surface area contributed by atoms with Gasteiger partial charge in [0, 0.05) is 11.3 Å². The number of rotatable bonds is 5. The third-order valence-electron chi connectivity index (χ3n) is 1.87. The summed E-state index contributed by atoms with van der Waals surface area (Å²) in [6.07, 6.45) is -0.653. The third kappa shape index (κ3) is 3.27. The number of aliphatic hydroxyl groups excluding tert-OH is 1. The van der Waals surface area contributed by atoms with Crippen LogP contribution in [0, 0.1) is 0 Å². The molecule has 0 saturated carbocycles. The van der Waals surface area contributed by atoms with Crippen molar-refractivity contribution in [3.8, 4) is 0 Å². The fourth-order valence-corrected chi connectivity index (χ4v) is 1.57.